The number of nitrogens with one attached hydrogen (secondary N) is 1. The Hall–Kier alpha value is -2.18. The van der Waals surface area contributed by atoms with E-state index < -0.39 is 0 Å². The molecule has 0 amide bonds. The van der Waals surface area contributed by atoms with Gasteiger partial charge in [0.05, 0.1) is 5.69 Å². The third-order valence-corrected chi connectivity index (χ3v) is 4.31. The zero-order chi connectivity index (χ0) is 15.7. The molecule has 0 saturated heterocycles. The van der Waals surface area contributed by atoms with E-state index in [1.807, 2.05) is 36.4 Å². The highest BCUT2D eigenvalue weighted by molar-refractivity contribution is 7.99. The predicted molar refractivity (Wildman–Crippen MR) is 92.9 cm³/mol. The van der Waals surface area contributed by atoms with Crippen LogP contribution in [0, 0.1) is 0 Å². The van der Waals surface area contributed by atoms with Gasteiger partial charge < -0.3 is 5.32 Å². The van der Waals surface area contributed by atoms with Gasteiger partial charge in [-0.2, -0.15) is 4.68 Å². The number of thioether (sulfide) groups is 1. The fourth-order valence-corrected chi connectivity index (χ4v) is 3.00. The van der Waals surface area contributed by atoms with Crippen LogP contribution >= 0.6 is 11.8 Å². The second-order valence-corrected chi connectivity index (χ2v) is 6.10. The normalized spacial score (nSPS) is 10.8. The van der Waals surface area contributed by atoms with Gasteiger partial charge in [0.2, 0.25) is 5.16 Å². The van der Waals surface area contributed by atoms with E-state index in [1.54, 1.807) is 16.4 Å². The molecule has 0 aliphatic rings. The predicted octanol–water partition coefficient (Wildman–Crippen LogP) is 2.59. The average Bonchev–Trinajstić information content (AvgIpc) is 3.08. The molecule has 0 fully saturated rings. The maximum Gasteiger partial charge on any atom is 0.214 e. The molecule has 0 aliphatic heterocycles. The van der Waals surface area contributed by atoms with Gasteiger partial charge in [0.1, 0.15) is 0 Å². The maximum absolute atomic E-state index is 4.09. The minimum absolute atomic E-state index is 0.820. The molecule has 6 heteroatoms. The molecule has 3 aromatic rings. The van der Waals surface area contributed by atoms with E-state index >= 15 is 0 Å². The van der Waals surface area contributed by atoms with Crippen LogP contribution in [-0.2, 0) is 6.42 Å². The van der Waals surface area contributed by atoms with E-state index in [4.69, 9.17) is 0 Å². The van der Waals surface area contributed by atoms with Crippen LogP contribution in [0.4, 0.5) is 0 Å². The van der Waals surface area contributed by atoms with E-state index in [1.165, 1.54) is 5.56 Å². The lowest BCUT2D eigenvalue weighted by molar-refractivity contribution is 0.718. The van der Waals surface area contributed by atoms with Crippen molar-refractivity contribution in [1.29, 1.82) is 0 Å². The van der Waals surface area contributed by atoms with Crippen LogP contribution in [-0.4, -0.2) is 39.0 Å². The van der Waals surface area contributed by atoms with Crippen LogP contribution in [0.25, 0.3) is 5.69 Å². The molecular formula is C17H19N5S. The summed E-state index contributed by atoms with van der Waals surface area (Å²) in [4.78, 5) is 0. The molecule has 0 aliphatic carbocycles. The quantitative estimate of drug-likeness (QED) is 0.509. The monoisotopic (exact) mass is 325 g/mol. The first-order chi connectivity index (χ1) is 11.4. The van der Waals surface area contributed by atoms with Crippen LogP contribution in [0.2, 0.25) is 0 Å². The molecule has 0 atom stereocenters. The van der Waals surface area contributed by atoms with Gasteiger partial charge in [-0.05, 0) is 41.1 Å². The fraction of sp³-hybridized carbons (Fsp3) is 0.235. The molecule has 1 aromatic heterocycles. The summed E-state index contributed by atoms with van der Waals surface area (Å²) < 4.78 is 1.77. The number of benzene rings is 2. The van der Waals surface area contributed by atoms with Crippen LogP contribution in [0.3, 0.4) is 0 Å². The molecule has 0 bridgehead atoms. The number of hydrogen-bond acceptors (Lipinski definition) is 5. The number of para-hydroxylation sites is 1. The minimum Gasteiger partial charge on any atom is -0.316 e. The number of hydrogen-bond donors (Lipinski definition) is 1. The number of tetrazole rings is 1. The summed E-state index contributed by atoms with van der Waals surface area (Å²) >= 11 is 1.66. The number of rotatable bonds is 8. The molecule has 1 N–H and O–H groups in total. The van der Waals surface area contributed by atoms with Crippen molar-refractivity contribution in [1.82, 2.24) is 25.5 Å². The highest BCUT2D eigenvalue weighted by Gasteiger charge is 2.07. The van der Waals surface area contributed by atoms with Gasteiger partial charge in [0, 0.05) is 12.3 Å². The molecule has 0 radical (unpaired) electrons. The van der Waals surface area contributed by atoms with Gasteiger partial charge in [0.15, 0.2) is 0 Å². The Bertz CT molecular complexity index is 699. The molecule has 1 heterocycles. The van der Waals surface area contributed by atoms with Crippen molar-refractivity contribution < 1.29 is 0 Å². The highest BCUT2D eigenvalue weighted by Crippen LogP contribution is 2.17. The lowest BCUT2D eigenvalue weighted by Gasteiger charge is -2.05. The molecule has 0 spiro atoms. The second kappa shape index (κ2) is 8.45. The molecule has 23 heavy (non-hydrogen) atoms. The number of nitrogens with zero attached hydrogens (tertiary/aromatic N) is 4. The standard InChI is InChI=1S/C17H19N5S/c1-3-7-15(8-4-1)11-12-18-13-14-23-17-19-20-21-22(17)16-9-5-2-6-10-16/h1-10,18H,11-14H2. The Morgan fingerprint density at radius 1 is 0.913 bits per heavy atom. The van der Waals surface area contributed by atoms with Gasteiger partial charge in [-0.25, -0.2) is 0 Å². The van der Waals surface area contributed by atoms with Gasteiger partial charge in [0.25, 0.3) is 0 Å². The Morgan fingerprint density at radius 2 is 1.65 bits per heavy atom. The summed E-state index contributed by atoms with van der Waals surface area (Å²) in [5.41, 5.74) is 2.35. The smallest absolute Gasteiger partial charge is 0.214 e. The number of aromatic nitrogens is 4. The first-order valence-corrected chi connectivity index (χ1v) is 8.63. The van der Waals surface area contributed by atoms with Gasteiger partial charge >= 0.3 is 0 Å². The summed E-state index contributed by atoms with van der Waals surface area (Å²) in [6.45, 7) is 1.91. The lowest BCUT2D eigenvalue weighted by Crippen LogP contribution is -2.20. The summed E-state index contributed by atoms with van der Waals surface area (Å²) in [5.74, 6) is 0.933. The van der Waals surface area contributed by atoms with E-state index in [0.29, 0.717) is 0 Å². The molecule has 0 unspecified atom stereocenters. The van der Waals surface area contributed by atoms with E-state index in [0.717, 1.165) is 36.1 Å². The van der Waals surface area contributed by atoms with E-state index in [9.17, 15) is 0 Å². The third-order valence-electron chi connectivity index (χ3n) is 3.38. The Balaban J connectivity index is 1.41. The molecule has 2 aromatic carbocycles. The lowest BCUT2D eigenvalue weighted by atomic mass is 10.1. The van der Waals surface area contributed by atoms with Crippen molar-refractivity contribution in [3.8, 4) is 5.69 Å². The van der Waals surface area contributed by atoms with E-state index in [2.05, 4.69) is 45.1 Å². The zero-order valence-corrected chi connectivity index (χ0v) is 13.6. The van der Waals surface area contributed by atoms with Crippen LogP contribution in [0.5, 0.6) is 0 Å². The minimum atomic E-state index is 0.820. The van der Waals surface area contributed by atoms with Gasteiger partial charge in [-0.15, -0.1) is 5.10 Å². The first kappa shape index (κ1) is 15.7. The molecule has 5 nitrogen and oxygen atoms in total. The van der Waals surface area contributed by atoms with Crippen molar-refractivity contribution in [2.75, 3.05) is 18.8 Å². The molecule has 0 saturated carbocycles. The average molecular weight is 325 g/mol. The van der Waals surface area contributed by atoms with Crippen LogP contribution in [0.15, 0.2) is 65.8 Å². The van der Waals surface area contributed by atoms with E-state index in [-0.39, 0.29) is 0 Å². The Morgan fingerprint density at radius 3 is 2.43 bits per heavy atom. The largest absolute Gasteiger partial charge is 0.316 e. The van der Waals surface area contributed by atoms with Gasteiger partial charge in [-0.1, -0.05) is 60.3 Å². The van der Waals surface area contributed by atoms with Crippen LogP contribution < -0.4 is 5.32 Å². The second-order valence-electron chi connectivity index (χ2n) is 5.04. The summed E-state index contributed by atoms with van der Waals surface area (Å²) in [6.07, 6.45) is 1.05. The molecule has 3 rings (SSSR count). The van der Waals surface area contributed by atoms with Gasteiger partial charge in [-0.3, -0.25) is 0 Å². The fourth-order valence-electron chi connectivity index (χ4n) is 2.22. The first-order valence-electron chi connectivity index (χ1n) is 7.65. The van der Waals surface area contributed by atoms with Crippen molar-refractivity contribution in [2.24, 2.45) is 0 Å². The third kappa shape index (κ3) is 4.64. The van der Waals surface area contributed by atoms with Crippen molar-refractivity contribution in [3.63, 3.8) is 0 Å². The Labute approximate surface area is 140 Å². The summed E-state index contributed by atoms with van der Waals surface area (Å²) in [7, 11) is 0. The van der Waals surface area contributed by atoms with Crippen LogP contribution in [0.1, 0.15) is 5.56 Å². The Kier molecular flexibility index (Phi) is 5.77. The maximum atomic E-state index is 4.09. The summed E-state index contributed by atoms with van der Waals surface area (Å²) in [6, 6.07) is 20.5. The van der Waals surface area contributed by atoms with Crippen molar-refractivity contribution in [3.05, 3.63) is 66.2 Å². The zero-order valence-electron chi connectivity index (χ0n) is 12.8. The molecular weight excluding hydrogens is 306 g/mol. The SMILES string of the molecule is c1ccc(CCNCCSc2nnnn2-c2ccccc2)cc1. The van der Waals surface area contributed by atoms with Crippen molar-refractivity contribution >= 4 is 11.8 Å². The highest BCUT2D eigenvalue weighted by atomic mass is 32.2. The molecule has 118 valence electrons. The topological polar surface area (TPSA) is 55.6 Å². The summed E-state index contributed by atoms with van der Waals surface area (Å²) in [5, 5.41) is 16.2. The van der Waals surface area contributed by atoms with Crippen molar-refractivity contribution in [2.45, 2.75) is 11.6 Å².